The summed E-state index contributed by atoms with van der Waals surface area (Å²) in [6, 6.07) is 48.9. The SMILES string of the molecule is COC(=O)c1ccc(N2C[C@@H]3[C@H](C2=O)[C@@H](c2cccc(Cl)c2F)[C@@]2(C(=O)Nc4cc(Cl)ccc42)N3CC2CC2)cc1.COC(=O)c1ccc(N2C[C@H]3[C@@H](C2=O)[C@H](c2cccc(Cl)c2F)[C@]2(C(=O)Nc4cc(Cl)ccc42)N3CC2CC2)cc1.COC(=O)c1ccc(N2C[C@H]3[C@@H](C2=O)[C@H](c2cccc(Cl)c2F)[C@]2(C(=O)Nc4cc(Cl)ccc42)N3CC2CC2)cc1. The van der Waals surface area contributed by atoms with Gasteiger partial charge in [-0.2, -0.15) is 0 Å². The number of esters is 3. The van der Waals surface area contributed by atoms with Gasteiger partial charge in [-0.25, -0.2) is 27.6 Å². The Kier molecular flexibility index (Phi) is 21.0. The van der Waals surface area contributed by atoms with Crippen LogP contribution in [0.15, 0.2) is 182 Å². The van der Waals surface area contributed by atoms with Crippen molar-refractivity contribution in [3.8, 4) is 0 Å². The maximum atomic E-state index is 15.9. The zero-order valence-electron chi connectivity index (χ0n) is 66.2. The minimum absolute atomic E-state index is 0.0646. The van der Waals surface area contributed by atoms with Crippen LogP contribution in [0.3, 0.4) is 0 Å². The number of rotatable bonds is 15. The number of hydrogen-bond donors (Lipinski definition) is 3. The molecule has 0 unspecified atom stereocenters. The third kappa shape index (κ3) is 13.1. The normalized spacial score (nSPS) is 26.8. The fourth-order valence-electron chi connectivity index (χ4n) is 21.4. The molecule has 6 saturated heterocycles. The van der Waals surface area contributed by atoms with E-state index >= 15 is 13.2 Å². The lowest BCUT2D eigenvalue weighted by Crippen LogP contribution is -2.54. The highest BCUT2D eigenvalue weighted by atomic mass is 35.5. The molecule has 3 aliphatic carbocycles. The zero-order valence-corrected chi connectivity index (χ0v) is 70.8. The van der Waals surface area contributed by atoms with E-state index in [9.17, 15) is 43.2 Å². The zero-order chi connectivity index (χ0) is 85.9. The van der Waals surface area contributed by atoms with Gasteiger partial charge in [-0.1, -0.05) is 124 Å². The molecule has 30 heteroatoms. The molecule has 0 radical (unpaired) electrons. The molecule has 0 bridgehead atoms. The molecule has 3 spiro atoms. The Hall–Kier alpha value is -10.4. The quantitative estimate of drug-likeness (QED) is 0.0639. The highest BCUT2D eigenvalue weighted by Gasteiger charge is 2.75. The Morgan fingerprint density at radius 2 is 0.618 bits per heavy atom. The van der Waals surface area contributed by atoms with Crippen molar-refractivity contribution in [2.75, 3.05) is 91.2 Å². The first-order valence-corrected chi connectivity index (χ1v) is 43.0. The van der Waals surface area contributed by atoms with Gasteiger partial charge < -0.3 is 44.9 Å². The van der Waals surface area contributed by atoms with Crippen molar-refractivity contribution < 1.29 is 70.5 Å². The van der Waals surface area contributed by atoms with Crippen LogP contribution in [0.1, 0.15) is 121 Å². The van der Waals surface area contributed by atoms with Gasteiger partial charge in [0.25, 0.3) is 0 Å². The number of halogens is 9. The molecule has 12 atom stereocenters. The number of likely N-dealkylation sites (tertiary alicyclic amines) is 3. The van der Waals surface area contributed by atoms with Crippen molar-refractivity contribution in [3.63, 3.8) is 0 Å². The molecule has 630 valence electrons. The van der Waals surface area contributed by atoms with Gasteiger partial charge in [0.05, 0.1) is 70.8 Å². The molecule has 123 heavy (non-hydrogen) atoms. The van der Waals surface area contributed by atoms with Gasteiger partial charge in [0.2, 0.25) is 35.4 Å². The van der Waals surface area contributed by atoms with Gasteiger partial charge in [-0.05, 0) is 200 Å². The number of carbonyl (C=O) groups excluding carboxylic acids is 9. The first-order chi connectivity index (χ1) is 59.2. The van der Waals surface area contributed by atoms with E-state index in [1.165, 1.54) is 39.5 Å². The predicted octanol–water partition coefficient (Wildman–Crippen LogP) is 16.8. The van der Waals surface area contributed by atoms with E-state index in [1.54, 1.807) is 160 Å². The fraction of sp³-hybridized carbons (Fsp3) is 0.323. The van der Waals surface area contributed by atoms with Crippen LogP contribution >= 0.6 is 69.6 Å². The minimum atomic E-state index is -1.32. The second-order valence-corrected chi connectivity index (χ2v) is 36.2. The summed E-state index contributed by atoms with van der Waals surface area (Å²) in [6.45, 7) is 2.71. The number of benzene rings is 9. The number of ether oxygens (including phenoxy) is 3. The largest absolute Gasteiger partial charge is 0.465 e. The highest BCUT2D eigenvalue weighted by Crippen LogP contribution is 2.67. The summed E-state index contributed by atoms with van der Waals surface area (Å²) in [5.41, 5.74) is 3.48. The molecule has 9 aliphatic heterocycles. The molecular formula is C93H78Cl6F3N9O12. The summed E-state index contributed by atoms with van der Waals surface area (Å²) < 4.78 is 62.3. The van der Waals surface area contributed by atoms with Crippen LogP contribution in [0.2, 0.25) is 30.1 Å². The Labute approximate surface area is 734 Å². The molecule has 21 nitrogen and oxygen atoms in total. The first-order valence-electron chi connectivity index (χ1n) is 40.7. The summed E-state index contributed by atoms with van der Waals surface area (Å²) in [5.74, 6) is -8.41. The Balaban J connectivity index is 0.000000121. The van der Waals surface area contributed by atoms with Crippen LogP contribution in [0.25, 0.3) is 0 Å². The molecule has 9 aromatic rings. The van der Waals surface area contributed by atoms with Gasteiger partial charge in [0.1, 0.15) is 34.1 Å². The van der Waals surface area contributed by atoms with E-state index in [1.807, 2.05) is 18.2 Å². The number of fused-ring (bicyclic) bond motifs is 9. The molecule has 3 N–H and O–H groups in total. The van der Waals surface area contributed by atoms with Gasteiger partial charge >= 0.3 is 17.9 Å². The van der Waals surface area contributed by atoms with Crippen molar-refractivity contribution in [2.45, 2.75) is 91.0 Å². The van der Waals surface area contributed by atoms with Crippen LogP contribution in [-0.4, -0.2) is 147 Å². The summed E-state index contributed by atoms with van der Waals surface area (Å²) in [7, 11) is 3.93. The lowest BCUT2D eigenvalue weighted by atomic mass is 9.71. The fourth-order valence-corrected chi connectivity index (χ4v) is 22.5. The van der Waals surface area contributed by atoms with Crippen LogP contribution in [0.4, 0.5) is 47.3 Å². The molecule has 21 rings (SSSR count). The Morgan fingerprint density at radius 3 is 0.854 bits per heavy atom. The standard InChI is InChI=1S/3C31H26Cl2FN3O4/c3*1-41-29(39)17-7-10-19(11-8-17)36-15-24-25(28(36)38)26(20-3-2-4-22(33)27(20)34)31(37(24)14-16-5-6-16)21-12-9-18(32)13-23(21)35-30(31)40/h3*2-4,7-13,16,24-26H,5-6,14-15H2,1H3,(H,35,40)/t3*24-,25+,26-,31+/m100/s1. The molecule has 12 aliphatic rings. The number of amides is 6. The second kappa shape index (κ2) is 31.4. The number of methoxy groups -OCH3 is 3. The maximum absolute atomic E-state index is 15.9. The van der Waals surface area contributed by atoms with Gasteiger partial charge in [-0.3, -0.25) is 43.5 Å². The molecule has 6 amide bonds. The monoisotopic (exact) mass is 1780 g/mol. The van der Waals surface area contributed by atoms with Crippen LogP contribution in [0, 0.1) is 53.0 Å². The lowest BCUT2D eigenvalue weighted by molar-refractivity contribution is -0.129. The smallest absolute Gasteiger partial charge is 0.337 e. The van der Waals surface area contributed by atoms with Gasteiger partial charge in [0.15, 0.2) is 0 Å². The topological polar surface area (TPSA) is 237 Å². The second-order valence-electron chi connectivity index (χ2n) is 33.6. The Morgan fingerprint density at radius 1 is 0.366 bits per heavy atom. The number of anilines is 6. The number of hydrogen-bond acceptors (Lipinski definition) is 15. The number of nitrogens with zero attached hydrogens (tertiary/aromatic N) is 6. The molecule has 9 heterocycles. The van der Waals surface area contributed by atoms with E-state index in [0.717, 1.165) is 38.5 Å². The molecule has 9 fully saturated rings. The minimum Gasteiger partial charge on any atom is -0.465 e. The van der Waals surface area contributed by atoms with E-state index in [-0.39, 0.29) is 85.3 Å². The molecule has 3 saturated carbocycles. The number of carbonyl (C=O) groups is 9. The van der Waals surface area contributed by atoms with Crippen molar-refractivity contribution >= 4 is 157 Å². The maximum Gasteiger partial charge on any atom is 0.337 e. The van der Waals surface area contributed by atoms with E-state index in [2.05, 4.69) is 30.7 Å². The van der Waals surface area contributed by atoms with Crippen LogP contribution in [-0.2, 0) is 59.6 Å². The third-order valence-electron chi connectivity index (χ3n) is 27.2. The van der Waals surface area contributed by atoms with E-state index < -0.39 is 87.5 Å². The third-order valence-corrected chi connectivity index (χ3v) is 28.7. The summed E-state index contributed by atoms with van der Waals surface area (Å²) in [5, 5.41) is 10.2. The Bertz CT molecular complexity index is 5400. The summed E-state index contributed by atoms with van der Waals surface area (Å²) in [6.07, 6.45) is 6.18. The molecule has 9 aromatic carbocycles. The van der Waals surface area contributed by atoms with Crippen molar-refractivity contribution in [3.05, 3.63) is 280 Å². The highest BCUT2D eigenvalue weighted by molar-refractivity contribution is 6.33. The molecule has 0 aromatic heterocycles. The first kappa shape index (κ1) is 82.2. The summed E-state index contributed by atoms with van der Waals surface area (Å²) >= 11 is 37.8. The number of nitrogens with one attached hydrogen (secondary N) is 3. The predicted molar refractivity (Wildman–Crippen MR) is 458 cm³/mol. The average Bonchev–Trinajstić information content (AvgIpc) is 1.52. The van der Waals surface area contributed by atoms with Crippen LogP contribution in [0.5, 0.6) is 0 Å². The summed E-state index contributed by atoms with van der Waals surface area (Å²) in [4.78, 5) is 133. The van der Waals surface area contributed by atoms with Gasteiger partial charge in [-0.15, -0.1) is 0 Å². The van der Waals surface area contributed by atoms with E-state index in [0.29, 0.717) is 140 Å². The molecular weight excluding hydrogens is 1700 g/mol. The van der Waals surface area contributed by atoms with Crippen molar-refractivity contribution in [1.29, 1.82) is 0 Å². The van der Waals surface area contributed by atoms with Gasteiger partial charge in [0, 0.05) is 141 Å². The lowest BCUT2D eigenvalue weighted by Gasteiger charge is -2.41. The van der Waals surface area contributed by atoms with E-state index in [4.69, 9.17) is 83.8 Å². The van der Waals surface area contributed by atoms with Crippen molar-refractivity contribution in [2.24, 2.45) is 35.5 Å². The average molecular weight is 1780 g/mol. The van der Waals surface area contributed by atoms with Crippen LogP contribution < -0.4 is 30.7 Å². The van der Waals surface area contributed by atoms with Crippen molar-refractivity contribution in [1.82, 2.24) is 14.7 Å².